The summed E-state index contributed by atoms with van der Waals surface area (Å²) in [6, 6.07) is 0.00718. The number of nitrogens with two attached hydrogens (primary N) is 1. The van der Waals surface area contributed by atoms with Crippen LogP contribution in [0.3, 0.4) is 0 Å². The van der Waals surface area contributed by atoms with Crippen molar-refractivity contribution in [1.82, 2.24) is 5.32 Å². The number of nitrogens with zero attached hydrogens (tertiary/aromatic N) is 1. The van der Waals surface area contributed by atoms with E-state index < -0.39 is 0 Å². The lowest BCUT2D eigenvalue weighted by Gasteiger charge is -2.14. The van der Waals surface area contributed by atoms with Crippen LogP contribution in [-0.4, -0.2) is 30.1 Å². The van der Waals surface area contributed by atoms with Crippen molar-refractivity contribution in [3.63, 3.8) is 0 Å². The Morgan fingerprint density at radius 1 is 1.57 bits per heavy atom. The van der Waals surface area contributed by atoms with Gasteiger partial charge < -0.3 is 16.2 Å². The molecule has 0 saturated carbocycles. The van der Waals surface area contributed by atoms with Crippen LogP contribution in [0, 0.1) is 0 Å². The summed E-state index contributed by atoms with van der Waals surface area (Å²) in [5, 5.41) is 11.7. The second kappa shape index (κ2) is 9.27. The molecule has 84 valence electrons. The highest BCUT2D eigenvalue weighted by atomic mass is 35.5. The summed E-state index contributed by atoms with van der Waals surface area (Å²) in [6.45, 7) is 0.967. The highest BCUT2D eigenvalue weighted by Crippen LogP contribution is 1.97. The maximum atomic E-state index is 8.61. The number of amidine groups is 1. The first-order valence-corrected chi connectivity index (χ1v) is 4.15. The Kier molecular flexibility index (Phi) is 10.7. The van der Waals surface area contributed by atoms with Crippen LogP contribution >= 0.6 is 24.8 Å². The van der Waals surface area contributed by atoms with E-state index in [0.29, 0.717) is 12.8 Å². The van der Waals surface area contributed by atoms with Crippen molar-refractivity contribution in [3.8, 4) is 0 Å². The molecule has 1 aliphatic rings. The quantitative estimate of drug-likeness (QED) is 0.670. The van der Waals surface area contributed by atoms with Gasteiger partial charge >= 0.3 is 0 Å². The Morgan fingerprint density at radius 2 is 2.29 bits per heavy atom. The first kappa shape index (κ1) is 16.2. The Balaban J connectivity index is 0. The zero-order valence-corrected chi connectivity index (χ0v) is 9.48. The second-order valence-electron chi connectivity index (χ2n) is 2.82. The smallest absolute Gasteiger partial charge is 0.103 e. The molecule has 0 fully saturated rings. The topological polar surface area (TPSA) is 70.6 Å². The highest BCUT2D eigenvalue weighted by molar-refractivity contribution is 5.85. The van der Waals surface area contributed by atoms with Crippen molar-refractivity contribution in [2.24, 2.45) is 10.7 Å². The number of hydrogen-bond acceptors (Lipinski definition) is 4. The molecular formula is C8H17Cl2N3O. The molecule has 0 aromatic carbocycles. The van der Waals surface area contributed by atoms with Crippen molar-refractivity contribution in [3.05, 3.63) is 12.3 Å². The van der Waals surface area contributed by atoms with E-state index in [1.54, 1.807) is 6.20 Å². The Bertz CT molecular complexity index is 197. The van der Waals surface area contributed by atoms with Crippen LogP contribution in [-0.2, 0) is 0 Å². The van der Waals surface area contributed by atoms with E-state index in [1.807, 2.05) is 6.08 Å². The van der Waals surface area contributed by atoms with Gasteiger partial charge in [0.2, 0.25) is 0 Å². The van der Waals surface area contributed by atoms with Gasteiger partial charge in [-0.25, -0.2) is 4.99 Å². The third-order valence-electron chi connectivity index (χ3n) is 1.72. The van der Waals surface area contributed by atoms with Gasteiger partial charge in [0.1, 0.15) is 5.84 Å². The largest absolute Gasteiger partial charge is 0.396 e. The standard InChI is InChI=1S/C8H15N3O.2ClH/c9-7(2-5-12)6-8-10-3-1-4-11-8;;/h1,3,7,12H,2,4-6,9H2,(H,10,11);2*1H/t7-;;/m0../s1. The minimum atomic E-state index is 0. The Hall–Kier alpha value is -0.290. The Labute approximate surface area is 96.5 Å². The summed E-state index contributed by atoms with van der Waals surface area (Å²) in [5.74, 6) is 0.915. The lowest BCUT2D eigenvalue weighted by molar-refractivity contribution is 0.276. The van der Waals surface area contributed by atoms with E-state index in [0.717, 1.165) is 12.4 Å². The second-order valence-corrected chi connectivity index (χ2v) is 2.82. The molecule has 0 aromatic rings. The van der Waals surface area contributed by atoms with E-state index in [9.17, 15) is 0 Å². The fraction of sp³-hybridized carbons (Fsp3) is 0.625. The van der Waals surface area contributed by atoms with Gasteiger partial charge in [-0.15, -0.1) is 24.8 Å². The van der Waals surface area contributed by atoms with E-state index >= 15 is 0 Å². The lowest BCUT2D eigenvalue weighted by Crippen LogP contribution is -2.33. The van der Waals surface area contributed by atoms with Crippen molar-refractivity contribution in [2.75, 3.05) is 13.2 Å². The third kappa shape index (κ3) is 6.21. The molecule has 1 heterocycles. The van der Waals surface area contributed by atoms with E-state index in [1.165, 1.54) is 0 Å². The molecule has 6 heteroatoms. The summed E-state index contributed by atoms with van der Waals surface area (Å²) in [4.78, 5) is 4.12. The SMILES string of the molecule is Cl.Cl.N[C@@H](CCO)CC1=NC=CCN1. The number of aliphatic hydroxyl groups excluding tert-OH is 1. The molecule has 0 spiro atoms. The van der Waals surface area contributed by atoms with Crippen LogP contribution in [0.5, 0.6) is 0 Å². The molecule has 1 rings (SSSR count). The Morgan fingerprint density at radius 3 is 2.79 bits per heavy atom. The predicted molar refractivity (Wildman–Crippen MR) is 63.4 cm³/mol. The molecule has 0 unspecified atom stereocenters. The lowest BCUT2D eigenvalue weighted by atomic mass is 10.1. The number of aliphatic imine (C=N–C) groups is 1. The van der Waals surface area contributed by atoms with Gasteiger partial charge in [-0.3, -0.25) is 0 Å². The van der Waals surface area contributed by atoms with Crippen molar-refractivity contribution < 1.29 is 5.11 Å². The maximum Gasteiger partial charge on any atom is 0.103 e. The number of hydrogen-bond donors (Lipinski definition) is 3. The molecule has 0 aromatic heterocycles. The van der Waals surface area contributed by atoms with Gasteiger partial charge in [0, 0.05) is 31.8 Å². The van der Waals surface area contributed by atoms with Crippen molar-refractivity contribution >= 4 is 30.6 Å². The normalized spacial score (nSPS) is 15.7. The van der Waals surface area contributed by atoms with Crippen LogP contribution in [0.15, 0.2) is 17.3 Å². The summed E-state index contributed by atoms with van der Waals surface area (Å²) < 4.78 is 0. The van der Waals surface area contributed by atoms with Crippen LogP contribution < -0.4 is 11.1 Å². The molecule has 0 bridgehead atoms. The molecular weight excluding hydrogens is 225 g/mol. The molecule has 0 amide bonds. The summed E-state index contributed by atoms with van der Waals surface area (Å²) >= 11 is 0. The fourth-order valence-corrected chi connectivity index (χ4v) is 1.06. The van der Waals surface area contributed by atoms with E-state index in [2.05, 4.69) is 10.3 Å². The van der Waals surface area contributed by atoms with Gasteiger partial charge in [-0.05, 0) is 12.5 Å². The molecule has 4 nitrogen and oxygen atoms in total. The minimum absolute atomic E-state index is 0. The van der Waals surface area contributed by atoms with Gasteiger partial charge in [0.15, 0.2) is 0 Å². The van der Waals surface area contributed by atoms with Gasteiger partial charge in [0.05, 0.1) is 0 Å². The zero-order chi connectivity index (χ0) is 8.81. The number of nitrogens with one attached hydrogen (secondary N) is 1. The van der Waals surface area contributed by atoms with Crippen LogP contribution in [0.2, 0.25) is 0 Å². The number of aliphatic hydroxyl groups is 1. The first-order chi connectivity index (χ1) is 5.83. The molecule has 1 aliphatic heterocycles. The van der Waals surface area contributed by atoms with Crippen LogP contribution in [0.1, 0.15) is 12.8 Å². The van der Waals surface area contributed by atoms with Gasteiger partial charge in [-0.1, -0.05) is 0 Å². The third-order valence-corrected chi connectivity index (χ3v) is 1.72. The van der Waals surface area contributed by atoms with Crippen molar-refractivity contribution in [1.29, 1.82) is 0 Å². The number of rotatable bonds is 4. The fourth-order valence-electron chi connectivity index (χ4n) is 1.06. The molecule has 4 N–H and O–H groups in total. The average Bonchev–Trinajstić information content (AvgIpc) is 2.06. The summed E-state index contributed by atoms with van der Waals surface area (Å²) in [6.07, 6.45) is 5.06. The zero-order valence-electron chi connectivity index (χ0n) is 7.85. The molecule has 0 aliphatic carbocycles. The average molecular weight is 242 g/mol. The molecule has 1 atom stereocenters. The first-order valence-electron chi connectivity index (χ1n) is 4.15. The molecule has 0 saturated heterocycles. The van der Waals surface area contributed by atoms with Crippen LogP contribution in [0.25, 0.3) is 0 Å². The van der Waals surface area contributed by atoms with Gasteiger partial charge in [0.25, 0.3) is 0 Å². The molecule has 14 heavy (non-hydrogen) atoms. The monoisotopic (exact) mass is 241 g/mol. The predicted octanol–water partition coefficient (Wildman–Crippen LogP) is 0.445. The summed E-state index contributed by atoms with van der Waals surface area (Å²) in [5.41, 5.74) is 5.71. The van der Waals surface area contributed by atoms with E-state index in [4.69, 9.17) is 10.8 Å². The van der Waals surface area contributed by atoms with Crippen molar-refractivity contribution in [2.45, 2.75) is 18.9 Å². The maximum absolute atomic E-state index is 8.61. The molecule has 0 radical (unpaired) electrons. The van der Waals surface area contributed by atoms with Crippen LogP contribution in [0.4, 0.5) is 0 Å². The van der Waals surface area contributed by atoms with E-state index in [-0.39, 0.29) is 37.5 Å². The van der Waals surface area contributed by atoms with Gasteiger partial charge in [-0.2, -0.15) is 0 Å². The minimum Gasteiger partial charge on any atom is -0.396 e. The highest BCUT2D eigenvalue weighted by Gasteiger charge is 2.06. The number of halogens is 2. The summed E-state index contributed by atoms with van der Waals surface area (Å²) in [7, 11) is 0.